The molecule has 0 N–H and O–H groups in total. The summed E-state index contributed by atoms with van der Waals surface area (Å²) in [5.41, 5.74) is -3.57. The summed E-state index contributed by atoms with van der Waals surface area (Å²) in [7, 11) is -8.38. The highest BCUT2D eigenvalue weighted by Crippen LogP contribution is 2.53. The summed E-state index contributed by atoms with van der Waals surface area (Å²) >= 11 is 0. The molecule has 0 aliphatic carbocycles. The standard InChI is InChI=1S/C23H19F3O3S2/c1-30(2,29-31(27,28)23(24,25)26)19-13-11-16(12-14-19)22-20-9-5-3-7-17(20)15-18-8-4-6-10-21(18)22/h3-15H,1-2H3. The summed E-state index contributed by atoms with van der Waals surface area (Å²) in [5, 5.41) is 4.25. The Hall–Kier alpha value is -2.55. The van der Waals surface area contributed by atoms with Crippen molar-refractivity contribution in [2.24, 2.45) is 0 Å². The Kier molecular flexibility index (Phi) is 5.28. The van der Waals surface area contributed by atoms with Crippen molar-refractivity contribution in [2.75, 3.05) is 12.5 Å². The SMILES string of the molecule is CS(C)(OS(=O)(=O)C(F)(F)F)c1ccc(-c2c3ccccc3cc3ccccc23)cc1. The zero-order chi connectivity index (χ0) is 22.4. The molecule has 0 radical (unpaired) electrons. The summed E-state index contributed by atoms with van der Waals surface area (Å²) in [4.78, 5) is 0.397. The van der Waals surface area contributed by atoms with Crippen LogP contribution in [0.2, 0.25) is 0 Å². The second-order valence-electron chi connectivity index (χ2n) is 7.42. The Labute approximate surface area is 180 Å². The molecule has 0 aromatic heterocycles. The molecular formula is C23H19F3O3S2. The summed E-state index contributed by atoms with van der Waals surface area (Å²) in [6.45, 7) is 0. The fourth-order valence-electron chi connectivity index (χ4n) is 3.58. The zero-order valence-corrected chi connectivity index (χ0v) is 18.3. The molecule has 4 aromatic rings. The van der Waals surface area contributed by atoms with Gasteiger partial charge in [0.05, 0.1) is 0 Å². The van der Waals surface area contributed by atoms with Crippen molar-refractivity contribution in [1.29, 1.82) is 0 Å². The second-order valence-corrected chi connectivity index (χ2v) is 12.3. The van der Waals surface area contributed by atoms with Gasteiger partial charge < -0.3 is 0 Å². The molecule has 0 aliphatic rings. The molecule has 4 aromatic carbocycles. The van der Waals surface area contributed by atoms with Gasteiger partial charge in [0, 0.05) is 4.90 Å². The molecule has 0 bridgehead atoms. The quantitative estimate of drug-likeness (QED) is 0.245. The van der Waals surface area contributed by atoms with Gasteiger partial charge in [0.2, 0.25) is 0 Å². The van der Waals surface area contributed by atoms with E-state index in [4.69, 9.17) is 0 Å². The molecular weight excluding hydrogens is 445 g/mol. The van der Waals surface area contributed by atoms with Crippen LogP contribution < -0.4 is 0 Å². The minimum atomic E-state index is -5.69. The van der Waals surface area contributed by atoms with Crippen molar-refractivity contribution in [2.45, 2.75) is 10.4 Å². The summed E-state index contributed by atoms with van der Waals surface area (Å²) in [6.07, 6.45) is 2.75. The monoisotopic (exact) mass is 464 g/mol. The van der Waals surface area contributed by atoms with Crippen LogP contribution in [0.15, 0.2) is 83.8 Å². The Bertz CT molecular complexity index is 1320. The lowest BCUT2D eigenvalue weighted by atomic mass is 9.92. The lowest BCUT2D eigenvalue weighted by molar-refractivity contribution is -0.0495. The van der Waals surface area contributed by atoms with Crippen LogP contribution in [0.4, 0.5) is 13.2 Å². The molecule has 0 fully saturated rings. The number of benzene rings is 4. The van der Waals surface area contributed by atoms with Gasteiger partial charge >= 0.3 is 15.6 Å². The maximum atomic E-state index is 12.8. The van der Waals surface area contributed by atoms with E-state index >= 15 is 0 Å². The maximum Gasteiger partial charge on any atom is 0.523 e. The Morgan fingerprint density at radius 1 is 0.742 bits per heavy atom. The van der Waals surface area contributed by atoms with Crippen LogP contribution in [0, 0.1) is 0 Å². The first-order chi connectivity index (χ1) is 14.5. The highest BCUT2D eigenvalue weighted by atomic mass is 32.3. The first kappa shape index (κ1) is 21.7. The van der Waals surface area contributed by atoms with Crippen molar-refractivity contribution in [3.8, 4) is 11.1 Å². The van der Waals surface area contributed by atoms with E-state index < -0.39 is 25.9 Å². The summed E-state index contributed by atoms with van der Waals surface area (Å²) in [6, 6.07) is 24.9. The van der Waals surface area contributed by atoms with Gasteiger partial charge in [-0.15, -0.1) is 0 Å². The summed E-state index contributed by atoms with van der Waals surface area (Å²) in [5.74, 6) is 0. The Morgan fingerprint density at radius 2 is 1.23 bits per heavy atom. The van der Waals surface area contributed by atoms with Crippen molar-refractivity contribution in [3.63, 3.8) is 0 Å². The normalized spacial score (nSPS) is 13.6. The van der Waals surface area contributed by atoms with Gasteiger partial charge in [0.1, 0.15) is 0 Å². The van der Waals surface area contributed by atoms with Crippen molar-refractivity contribution in [1.82, 2.24) is 0 Å². The molecule has 162 valence electrons. The molecule has 0 aliphatic heterocycles. The molecule has 0 spiro atoms. The highest BCUT2D eigenvalue weighted by Gasteiger charge is 2.49. The minimum Gasteiger partial charge on any atom is -0.209 e. The number of rotatable bonds is 4. The average molecular weight is 465 g/mol. The number of halogens is 3. The zero-order valence-electron chi connectivity index (χ0n) is 16.7. The van der Waals surface area contributed by atoms with E-state index in [1.165, 1.54) is 12.5 Å². The number of alkyl halides is 3. The molecule has 0 amide bonds. The van der Waals surface area contributed by atoms with Crippen molar-refractivity contribution in [3.05, 3.63) is 78.9 Å². The van der Waals surface area contributed by atoms with Crippen molar-refractivity contribution >= 4 is 42.0 Å². The number of hydrogen-bond acceptors (Lipinski definition) is 3. The van der Waals surface area contributed by atoms with E-state index in [-0.39, 0.29) is 0 Å². The molecule has 8 heteroatoms. The number of hydrogen-bond donors (Lipinski definition) is 0. The van der Waals surface area contributed by atoms with Gasteiger partial charge in [-0.3, -0.25) is 0 Å². The lowest BCUT2D eigenvalue weighted by Gasteiger charge is -2.30. The molecule has 0 saturated heterocycles. The van der Waals surface area contributed by atoms with E-state index in [1.807, 2.05) is 48.5 Å². The molecule has 0 heterocycles. The van der Waals surface area contributed by atoms with E-state index in [0.717, 1.165) is 32.7 Å². The van der Waals surface area contributed by atoms with Gasteiger partial charge in [-0.2, -0.15) is 21.6 Å². The third-order valence-electron chi connectivity index (χ3n) is 5.03. The Morgan fingerprint density at radius 3 is 1.71 bits per heavy atom. The van der Waals surface area contributed by atoms with Crippen LogP contribution in [-0.4, -0.2) is 26.4 Å². The van der Waals surface area contributed by atoms with Crippen LogP contribution in [-0.2, 0) is 13.7 Å². The van der Waals surface area contributed by atoms with Crippen LogP contribution in [0.5, 0.6) is 0 Å². The van der Waals surface area contributed by atoms with E-state index in [9.17, 15) is 21.6 Å². The van der Waals surface area contributed by atoms with Gasteiger partial charge in [-0.25, -0.2) is 3.63 Å². The molecule has 0 saturated carbocycles. The number of fused-ring (bicyclic) bond motifs is 2. The molecule has 31 heavy (non-hydrogen) atoms. The second kappa shape index (κ2) is 7.55. The largest absolute Gasteiger partial charge is 0.523 e. The van der Waals surface area contributed by atoms with E-state index in [2.05, 4.69) is 9.70 Å². The molecule has 4 rings (SSSR count). The van der Waals surface area contributed by atoms with Gasteiger partial charge in [0.25, 0.3) is 0 Å². The third kappa shape index (κ3) is 4.03. The maximum absolute atomic E-state index is 12.8. The van der Waals surface area contributed by atoms with Crippen molar-refractivity contribution < 1.29 is 25.2 Å². The predicted molar refractivity (Wildman–Crippen MR) is 121 cm³/mol. The fraction of sp³-hybridized carbons (Fsp3) is 0.130. The van der Waals surface area contributed by atoms with Gasteiger partial charge in [0.15, 0.2) is 0 Å². The Balaban J connectivity index is 1.81. The molecule has 3 nitrogen and oxygen atoms in total. The van der Waals surface area contributed by atoms with Crippen LogP contribution in [0.3, 0.4) is 0 Å². The smallest absolute Gasteiger partial charge is 0.209 e. The first-order valence-corrected chi connectivity index (χ1v) is 13.0. The van der Waals surface area contributed by atoms with E-state index in [0.29, 0.717) is 4.90 Å². The van der Waals surface area contributed by atoms with Crippen LogP contribution in [0.25, 0.3) is 32.7 Å². The van der Waals surface area contributed by atoms with Crippen LogP contribution in [0.1, 0.15) is 0 Å². The van der Waals surface area contributed by atoms with E-state index in [1.54, 1.807) is 24.3 Å². The van der Waals surface area contributed by atoms with Gasteiger partial charge in [-0.1, -0.05) is 71.0 Å². The lowest BCUT2D eigenvalue weighted by Crippen LogP contribution is -2.26. The topological polar surface area (TPSA) is 43.4 Å². The summed E-state index contributed by atoms with van der Waals surface area (Å²) < 4.78 is 65.9. The first-order valence-electron chi connectivity index (χ1n) is 9.26. The predicted octanol–water partition coefficient (Wildman–Crippen LogP) is 6.86. The highest BCUT2D eigenvalue weighted by molar-refractivity contribution is 8.32. The fourth-order valence-corrected chi connectivity index (χ4v) is 6.78. The molecule has 0 unspecified atom stereocenters. The average Bonchev–Trinajstić information content (AvgIpc) is 2.70. The van der Waals surface area contributed by atoms with Gasteiger partial charge in [-0.05, 0) is 63.4 Å². The van der Waals surface area contributed by atoms with Crippen LogP contribution >= 0.6 is 10.3 Å². The minimum absolute atomic E-state index is 0.397. The molecule has 0 atom stereocenters. The third-order valence-corrected chi connectivity index (χ3v) is 9.08.